The Labute approximate surface area is 90.7 Å². The quantitative estimate of drug-likeness (QED) is 0.716. The lowest BCUT2D eigenvalue weighted by atomic mass is 10.3. The van der Waals surface area contributed by atoms with E-state index in [2.05, 4.69) is 9.62 Å². The highest BCUT2D eigenvalue weighted by Gasteiger charge is 2.19. The van der Waals surface area contributed by atoms with Crippen LogP contribution in [0.4, 0.5) is 0 Å². The van der Waals surface area contributed by atoms with E-state index in [1.807, 2.05) is 6.92 Å². The Morgan fingerprint density at radius 1 is 1.43 bits per heavy atom. The van der Waals surface area contributed by atoms with Gasteiger partial charge in [0.2, 0.25) is 10.0 Å². The van der Waals surface area contributed by atoms with Crippen molar-refractivity contribution >= 4 is 21.6 Å². The smallest absolute Gasteiger partial charge is 0.225 e. The largest absolute Gasteiger partial charge is 0.299 e. The molecule has 0 aromatic rings. The molecule has 1 unspecified atom stereocenters. The van der Waals surface area contributed by atoms with E-state index in [9.17, 15) is 8.42 Å². The first-order valence-corrected chi connectivity index (χ1v) is 7.01. The molecular formula is C8H17ClN2O2S. The van der Waals surface area contributed by atoms with Gasteiger partial charge in [-0.25, -0.2) is 13.1 Å². The SMILES string of the molecule is CC(CNS(=O)(=O)CCl)N1CCCC1. The van der Waals surface area contributed by atoms with Crippen LogP contribution in [0, 0.1) is 0 Å². The lowest BCUT2D eigenvalue weighted by Crippen LogP contribution is -2.40. The van der Waals surface area contributed by atoms with Crippen LogP contribution < -0.4 is 4.72 Å². The average Bonchev–Trinajstić information content (AvgIpc) is 2.67. The summed E-state index contributed by atoms with van der Waals surface area (Å²) in [6, 6.07) is 0.260. The Morgan fingerprint density at radius 2 is 2.00 bits per heavy atom. The van der Waals surface area contributed by atoms with Crippen molar-refractivity contribution in [1.82, 2.24) is 9.62 Å². The highest BCUT2D eigenvalue weighted by Crippen LogP contribution is 2.10. The third kappa shape index (κ3) is 3.73. The van der Waals surface area contributed by atoms with Gasteiger partial charge in [-0.2, -0.15) is 0 Å². The van der Waals surface area contributed by atoms with Gasteiger partial charge >= 0.3 is 0 Å². The Morgan fingerprint density at radius 3 is 2.50 bits per heavy atom. The van der Waals surface area contributed by atoms with Crippen LogP contribution in [0.25, 0.3) is 0 Å². The summed E-state index contributed by atoms with van der Waals surface area (Å²) in [6.07, 6.45) is 2.43. The van der Waals surface area contributed by atoms with Gasteiger partial charge < -0.3 is 0 Å². The van der Waals surface area contributed by atoms with Gasteiger partial charge in [-0.05, 0) is 32.9 Å². The van der Waals surface area contributed by atoms with Crippen LogP contribution in [-0.4, -0.2) is 44.2 Å². The third-order valence-electron chi connectivity index (χ3n) is 2.51. The van der Waals surface area contributed by atoms with Gasteiger partial charge in [-0.15, -0.1) is 11.6 Å². The molecule has 4 nitrogen and oxygen atoms in total. The molecule has 0 aliphatic carbocycles. The monoisotopic (exact) mass is 240 g/mol. The number of alkyl halides is 1. The second-order valence-corrected chi connectivity index (χ2v) is 6.06. The standard InChI is InChI=1S/C8H17ClN2O2S/c1-8(11-4-2-3-5-11)6-10-14(12,13)7-9/h8,10H,2-7H2,1H3. The fourth-order valence-corrected chi connectivity index (χ4v) is 2.40. The van der Waals surface area contributed by atoms with Crippen LogP contribution in [0.2, 0.25) is 0 Å². The minimum Gasteiger partial charge on any atom is -0.299 e. The van der Waals surface area contributed by atoms with Gasteiger partial charge in [-0.3, -0.25) is 4.90 Å². The summed E-state index contributed by atoms with van der Waals surface area (Å²) < 4.78 is 24.6. The summed E-state index contributed by atoms with van der Waals surface area (Å²) in [4.78, 5) is 2.29. The van der Waals surface area contributed by atoms with Gasteiger partial charge in [0.15, 0.2) is 0 Å². The van der Waals surface area contributed by atoms with E-state index in [4.69, 9.17) is 11.6 Å². The van der Waals surface area contributed by atoms with Crippen LogP contribution in [0.5, 0.6) is 0 Å². The second kappa shape index (κ2) is 5.30. The maximum Gasteiger partial charge on any atom is 0.225 e. The van der Waals surface area contributed by atoms with E-state index in [-0.39, 0.29) is 11.3 Å². The molecule has 6 heteroatoms. The van der Waals surface area contributed by atoms with Gasteiger partial charge in [0, 0.05) is 12.6 Å². The molecule has 0 saturated carbocycles. The molecule has 1 aliphatic heterocycles. The second-order valence-electron chi connectivity index (χ2n) is 3.66. The molecule has 1 atom stereocenters. The molecule has 0 bridgehead atoms. The average molecular weight is 241 g/mol. The summed E-state index contributed by atoms with van der Waals surface area (Å²) in [5.74, 6) is 0. The summed E-state index contributed by atoms with van der Waals surface area (Å²) in [6.45, 7) is 4.63. The molecule has 0 aromatic carbocycles. The fourth-order valence-electron chi connectivity index (χ4n) is 1.60. The summed E-state index contributed by atoms with van der Waals surface area (Å²) in [7, 11) is -3.26. The summed E-state index contributed by atoms with van der Waals surface area (Å²) in [5.41, 5.74) is 0. The molecule has 0 amide bonds. The topological polar surface area (TPSA) is 49.4 Å². The normalized spacial score (nSPS) is 21.3. The molecule has 1 aliphatic rings. The van der Waals surface area contributed by atoms with Crippen molar-refractivity contribution in [3.8, 4) is 0 Å². The molecule has 84 valence electrons. The van der Waals surface area contributed by atoms with Gasteiger partial charge in [0.05, 0.1) is 0 Å². The van der Waals surface area contributed by atoms with E-state index in [1.54, 1.807) is 0 Å². The Kier molecular flexibility index (Phi) is 4.63. The van der Waals surface area contributed by atoms with E-state index >= 15 is 0 Å². The zero-order valence-electron chi connectivity index (χ0n) is 8.37. The van der Waals surface area contributed by atoms with Crippen LogP contribution in [0.1, 0.15) is 19.8 Å². The zero-order valence-corrected chi connectivity index (χ0v) is 9.94. The van der Waals surface area contributed by atoms with Crippen molar-refractivity contribution < 1.29 is 8.42 Å². The van der Waals surface area contributed by atoms with E-state index < -0.39 is 10.0 Å². The molecule has 0 aromatic heterocycles. The van der Waals surface area contributed by atoms with Gasteiger partial charge in [0.25, 0.3) is 0 Å². The highest BCUT2D eigenvalue weighted by molar-refractivity contribution is 7.90. The third-order valence-corrected chi connectivity index (χ3v) is 4.26. The molecule has 1 rings (SSSR count). The predicted molar refractivity (Wildman–Crippen MR) is 57.9 cm³/mol. The number of hydrogen-bond acceptors (Lipinski definition) is 3. The summed E-state index contributed by atoms with van der Waals surface area (Å²) in [5, 5.41) is -0.361. The van der Waals surface area contributed by atoms with Crippen LogP contribution >= 0.6 is 11.6 Å². The Hall–Kier alpha value is 0.160. The van der Waals surface area contributed by atoms with E-state index in [0.29, 0.717) is 6.54 Å². The maximum atomic E-state index is 11.1. The van der Waals surface area contributed by atoms with E-state index in [1.165, 1.54) is 12.8 Å². The van der Waals surface area contributed by atoms with Crippen molar-refractivity contribution in [2.45, 2.75) is 25.8 Å². The highest BCUT2D eigenvalue weighted by atomic mass is 35.5. The van der Waals surface area contributed by atoms with Gasteiger partial charge in [-0.1, -0.05) is 0 Å². The molecule has 1 fully saturated rings. The first-order valence-electron chi connectivity index (χ1n) is 4.82. The number of halogens is 1. The maximum absolute atomic E-state index is 11.1. The molecular weight excluding hydrogens is 224 g/mol. The number of likely N-dealkylation sites (tertiary alicyclic amines) is 1. The van der Waals surface area contributed by atoms with Crippen molar-refractivity contribution in [3.63, 3.8) is 0 Å². The van der Waals surface area contributed by atoms with E-state index in [0.717, 1.165) is 13.1 Å². The van der Waals surface area contributed by atoms with Crippen molar-refractivity contribution in [1.29, 1.82) is 0 Å². The molecule has 1 saturated heterocycles. The zero-order chi connectivity index (χ0) is 10.6. The van der Waals surface area contributed by atoms with Crippen LogP contribution in [-0.2, 0) is 10.0 Å². The number of nitrogens with one attached hydrogen (secondary N) is 1. The number of rotatable bonds is 5. The van der Waals surface area contributed by atoms with Crippen LogP contribution in [0.3, 0.4) is 0 Å². The minimum absolute atomic E-state index is 0.260. The molecule has 14 heavy (non-hydrogen) atoms. The first-order chi connectivity index (χ1) is 6.55. The Bertz CT molecular complexity index is 263. The predicted octanol–water partition coefficient (Wildman–Crippen LogP) is 0.586. The van der Waals surface area contributed by atoms with Crippen LogP contribution in [0.15, 0.2) is 0 Å². The molecule has 0 spiro atoms. The molecule has 1 heterocycles. The van der Waals surface area contributed by atoms with Crippen molar-refractivity contribution in [2.75, 3.05) is 24.8 Å². The minimum atomic E-state index is -3.26. The van der Waals surface area contributed by atoms with Gasteiger partial charge in [0.1, 0.15) is 5.21 Å². The number of hydrogen-bond donors (Lipinski definition) is 1. The number of sulfonamides is 1. The van der Waals surface area contributed by atoms with Crippen molar-refractivity contribution in [3.05, 3.63) is 0 Å². The lowest BCUT2D eigenvalue weighted by molar-refractivity contribution is 0.260. The lowest BCUT2D eigenvalue weighted by Gasteiger charge is -2.23. The Balaban J connectivity index is 2.30. The fraction of sp³-hybridized carbons (Fsp3) is 1.00. The first kappa shape index (κ1) is 12.2. The van der Waals surface area contributed by atoms with Crippen molar-refractivity contribution in [2.24, 2.45) is 0 Å². The summed E-state index contributed by atoms with van der Waals surface area (Å²) >= 11 is 5.27. The molecule has 0 radical (unpaired) electrons. The molecule has 1 N–H and O–H groups in total. The number of nitrogens with zero attached hydrogens (tertiary/aromatic N) is 1.